The van der Waals surface area contributed by atoms with E-state index < -0.39 is 21.1 Å². The van der Waals surface area contributed by atoms with Crippen molar-refractivity contribution < 1.29 is 17.9 Å². The highest BCUT2D eigenvalue weighted by molar-refractivity contribution is 7.91. The largest absolute Gasteiger partial charge is 0.464 e. The Hall–Kier alpha value is -1.44. The predicted octanol–water partition coefficient (Wildman–Crippen LogP) is 0.840. The van der Waals surface area contributed by atoms with E-state index in [2.05, 4.69) is 15.0 Å². The normalized spacial score (nSPS) is 11.8. The van der Waals surface area contributed by atoms with Crippen LogP contribution in [0.1, 0.15) is 43.4 Å². The number of carbonyl (C=O) groups excluding carboxylic acids is 1. The minimum atomic E-state index is -3.15. The molecule has 0 spiro atoms. The molecule has 0 amide bonds. The molecule has 0 unspecified atom stereocenters. The van der Waals surface area contributed by atoms with E-state index in [0.717, 1.165) is 6.42 Å². The van der Waals surface area contributed by atoms with Crippen LogP contribution in [0.3, 0.4) is 0 Å². The molecule has 8 heteroatoms. The van der Waals surface area contributed by atoms with E-state index in [1.165, 1.54) is 11.8 Å². The van der Waals surface area contributed by atoms with Crippen LogP contribution < -0.4 is 0 Å². The molecular weight excluding hydrogens is 282 g/mol. The molecule has 0 fully saturated rings. The molecule has 1 rings (SSSR count). The lowest BCUT2D eigenvalue weighted by atomic mass is 10.2. The van der Waals surface area contributed by atoms with Crippen molar-refractivity contribution in [2.45, 2.75) is 45.4 Å². The van der Waals surface area contributed by atoms with Gasteiger partial charge in [0.05, 0.1) is 30.4 Å². The van der Waals surface area contributed by atoms with Crippen LogP contribution in [0.25, 0.3) is 0 Å². The van der Waals surface area contributed by atoms with Gasteiger partial charge >= 0.3 is 5.97 Å². The summed E-state index contributed by atoms with van der Waals surface area (Å²) in [7, 11) is -1.87. The summed E-state index contributed by atoms with van der Waals surface area (Å²) in [5, 5.41) is 7.23. The number of aromatic nitrogens is 3. The van der Waals surface area contributed by atoms with Gasteiger partial charge < -0.3 is 4.74 Å². The molecule has 0 aliphatic heterocycles. The predicted molar refractivity (Wildman–Crippen MR) is 74.3 cm³/mol. The van der Waals surface area contributed by atoms with Gasteiger partial charge in [0, 0.05) is 0 Å². The van der Waals surface area contributed by atoms with E-state index in [1.807, 2.05) is 6.92 Å². The van der Waals surface area contributed by atoms with Crippen LogP contribution in [0.5, 0.6) is 0 Å². The number of hydrogen-bond donors (Lipinski definition) is 0. The van der Waals surface area contributed by atoms with Gasteiger partial charge in [0.15, 0.2) is 15.5 Å². The average molecular weight is 303 g/mol. The maximum absolute atomic E-state index is 11.8. The Morgan fingerprint density at radius 3 is 2.55 bits per heavy atom. The molecule has 0 radical (unpaired) electrons. The number of esters is 1. The minimum Gasteiger partial charge on any atom is -0.464 e. The van der Waals surface area contributed by atoms with Crippen molar-refractivity contribution in [3.05, 3.63) is 11.4 Å². The van der Waals surface area contributed by atoms with Gasteiger partial charge in [-0.15, -0.1) is 5.10 Å². The lowest BCUT2D eigenvalue weighted by molar-refractivity contribution is 0.0592. The summed E-state index contributed by atoms with van der Waals surface area (Å²) < 4.78 is 29.8. The summed E-state index contributed by atoms with van der Waals surface area (Å²) in [6, 6.07) is 0. The molecule has 114 valence electrons. The standard InChI is InChI=1S/C12H21N3O4S/c1-5-6-10-11(12(16)19-4)13-14-15(10)7-8-20(17,18)9(2)3/h9H,5-8H2,1-4H3. The number of methoxy groups -OCH3 is 1. The van der Waals surface area contributed by atoms with Crippen molar-refractivity contribution in [3.63, 3.8) is 0 Å². The molecule has 0 N–H and O–H groups in total. The van der Waals surface area contributed by atoms with Crippen LogP contribution in [0.4, 0.5) is 0 Å². The van der Waals surface area contributed by atoms with Crippen LogP contribution in [-0.4, -0.2) is 47.5 Å². The minimum absolute atomic E-state index is 0.0225. The average Bonchev–Trinajstić information content (AvgIpc) is 2.79. The van der Waals surface area contributed by atoms with Crippen LogP contribution >= 0.6 is 0 Å². The topological polar surface area (TPSA) is 91.2 Å². The molecular formula is C12H21N3O4S. The Morgan fingerprint density at radius 2 is 2.05 bits per heavy atom. The third kappa shape index (κ3) is 3.78. The number of nitrogens with zero attached hydrogens (tertiary/aromatic N) is 3. The van der Waals surface area contributed by atoms with Crippen LogP contribution in [0.2, 0.25) is 0 Å². The van der Waals surface area contributed by atoms with E-state index >= 15 is 0 Å². The Bertz CT molecular complexity index is 563. The fourth-order valence-corrected chi connectivity index (χ4v) is 2.60. The quantitative estimate of drug-likeness (QED) is 0.693. The smallest absolute Gasteiger partial charge is 0.360 e. The molecule has 0 aliphatic rings. The van der Waals surface area contributed by atoms with Gasteiger partial charge in [-0.05, 0) is 20.3 Å². The zero-order chi connectivity index (χ0) is 15.3. The molecule has 0 aliphatic carbocycles. The Morgan fingerprint density at radius 1 is 1.40 bits per heavy atom. The molecule has 20 heavy (non-hydrogen) atoms. The molecule has 0 saturated carbocycles. The van der Waals surface area contributed by atoms with E-state index in [9.17, 15) is 13.2 Å². The van der Waals surface area contributed by atoms with Gasteiger partial charge in [-0.25, -0.2) is 17.9 Å². The van der Waals surface area contributed by atoms with Gasteiger partial charge in [-0.2, -0.15) is 0 Å². The summed E-state index contributed by atoms with van der Waals surface area (Å²) in [5.41, 5.74) is 0.787. The van der Waals surface area contributed by atoms with Crippen molar-refractivity contribution in [1.82, 2.24) is 15.0 Å². The maximum atomic E-state index is 11.8. The summed E-state index contributed by atoms with van der Waals surface area (Å²) in [5.74, 6) is -0.572. The summed E-state index contributed by atoms with van der Waals surface area (Å²) in [4.78, 5) is 11.6. The number of aryl methyl sites for hydroxylation is 1. The highest BCUT2D eigenvalue weighted by Crippen LogP contribution is 2.11. The lowest BCUT2D eigenvalue weighted by Gasteiger charge is -2.09. The molecule has 7 nitrogen and oxygen atoms in total. The number of hydrogen-bond acceptors (Lipinski definition) is 6. The summed E-state index contributed by atoms with van der Waals surface area (Å²) in [6.07, 6.45) is 1.40. The lowest BCUT2D eigenvalue weighted by Crippen LogP contribution is -2.22. The van der Waals surface area contributed by atoms with E-state index in [-0.39, 0.29) is 18.0 Å². The van der Waals surface area contributed by atoms with E-state index in [1.54, 1.807) is 13.8 Å². The first kappa shape index (κ1) is 16.6. The molecule has 1 heterocycles. The fraction of sp³-hybridized carbons (Fsp3) is 0.750. The molecule has 0 saturated heterocycles. The second kappa shape index (κ2) is 6.83. The van der Waals surface area contributed by atoms with E-state index in [0.29, 0.717) is 12.1 Å². The molecule has 0 aromatic carbocycles. The third-order valence-corrected chi connectivity index (χ3v) is 5.20. The van der Waals surface area contributed by atoms with Crippen LogP contribution in [-0.2, 0) is 27.5 Å². The van der Waals surface area contributed by atoms with Crippen molar-refractivity contribution in [2.24, 2.45) is 0 Å². The number of carbonyl (C=O) groups is 1. The summed E-state index contributed by atoms with van der Waals surface area (Å²) in [6.45, 7) is 5.44. The first-order valence-electron chi connectivity index (χ1n) is 6.55. The van der Waals surface area contributed by atoms with Gasteiger partial charge in [-0.1, -0.05) is 18.6 Å². The molecule has 0 atom stereocenters. The van der Waals surface area contributed by atoms with E-state index in [4.69, 9.17) is 0 Å². The molecule has 1 aromatic rings. The first-order valence-corrected chi connectivity index (χ1v) is 8.27. The third-order valence-electron chi connectivity index (χ3n) is 3.01. The van der Waals surface area contributed by atoms with Gasteiger partial charge in [0.2, 0.25) is 0 Å². The zero-order valence-electron chi connectivity index (χ0n) is 12.3. The zero-order valence-corrected chi connectivity index (χ0v) is 13.1. The van der Waals surface area contributed by atoms with Gasteiger partial charge in [0.25, 0.3) is 0 Å². The second-order valence-corrected chi connectivity index (χ2v) is 7.44. The number of rotatable bonds is 7. The first-order chi connectivity index (χ1) is 9.33. The van der Waals surface area contributed by atoms with Crippen LogP contribution in [0, 0.1) is 0 Å². The van der Waals surface area contributed by atoms with Crippen LogP contribution in [0.15, 0.2) is 0 Å². The van der Waals surface area contributed by atoms with Crippen molar-refractivity contribution in [2.75, 3.05) is 12.9 Å². The SMILES string of the molecule is CCCc1c(C(=O)OC)nnn1CCS(=O)(=O)C(C)C. The highest BCUT2D eigenvalue weighted by Gasteiger charge is 2.22. The van der Waals surface area contributed by atoms with Crippen molar-refractivity contribution in [3.8, 4) is 0 Å². The molecule has 1 aromatic heterocycles. The number of sulfone groups is 1. The fourth-order valence-electron chi connectivity index (χ4n) is 1.70. The Labute approximate surface area is 119 Å². The maximum Gasteiger partial charge on any atom is 0.360 e. The molecule has 0 bridgehead atoms. The Kier molecular flexibility index (Phi) is 5.67. The highest BCUT2D eigenvalue weighted by atomic mass is 32.2. The Balaban J connectivity index is 2.96. The monoisotopic (exact) mass is 303 g/mol. The number of ether oxygens (including phenoxy) is 1. The van der Waals surface area contributed by atoms with Crippen molar-refractivity contribution in [1.29, 1.82) is 0 Å². The van der Waals surface area contributed by atoms with Gasteiger partial charge in [0.1, 0.15) is 0 Å². The summed E-state index contributed by atoms with van der Waals surface area (Å²) >= 11 is 0. The second-order valence-electron chi connectivity index (χ2n) is 4.77. The van der Waals surface area contributed by atoms with Crippen molar-refractivity contribution >= 4 is 15.8 Å². The van der Waals surface area contributed by atoms with Gasteiger partial charge in [-0.3, -0.25) is 0 Å².